The molecule has 0 amide bonds. The highest BCUT2D eigenvalue weighted by atomic mass is 79.9. The van der Waals surface area contributed by atoms with Gasteiger partial charge < -0.3 is 5.32 Å². The third-order valence-corrected chi connectivity index (χ3v) is 2.93. The van der Waals surface area contributed by atoms with Crippen LogP contribution in [0.4, 0.5) is 28.9 Å². The van der Waals surface area contributed by atoms with Crippen molar-refractivity contribution in [3.63, 3.8) is 0 Å². The number of nitrogens with one attached hydrogen (secondary N) is 1. The zero-order valence-corrected chi connectivity index (χ0v) is 11.2. The molecule has 0 aliphatic heterocycles. The molecule has 0 radical (unpaired) electrons. The van der Waals surface area contributed by atoms with Crippen molar-refractivity contribution in [2.45, 2.75) is 0 Å². The van der Waals surface area contributed by atoms with Crippen molar-refractivity contribution in [3.8, 4) is 6.07 Å². The van der Waals surface area contributed by atoms with Crippen LogP contribution in [0, 0.1) is 34.6 Å². The minimum atomic E-state index is -1.38. The first-order chi connectivity index (χ1) is 9.43. The predicted octanol–water partition coefficient (Wildman–Crippen LogP) is 4.62. The molecule has 2 rings (SSSR count). The summed E-state index contributed by atoms with van der Waals surface area (Å²) in [4.78, 5) is 0. The first-order valence-corrected chi connectivity index (χ1v) is 6.03. The largest absolute Gasteiger partial charge is 0.348 e. The second-order valence-electron chi connectivity index (χ2n) is 3.77. The number of benzene rings is 2. The molecule has 2 aromatic carbocycles. The number of halogens is 5. The maximum atomic E-state index is 13.6. The van der Waals surface area contributed by atoms with Gasteiger partial charge in [0.2, 0.25) is 0 Å². The molecule has 0 saturated carbocycles. The Morgan fingerprint density at radius 3 is 2.15 bits per heavy atom. The standard InChI is InChI=1S/C13H5BrF4N2/c14-7-3-8(15)13(9(16)4-7)20-10-2-1-6(5-19)11(17)12(10)18/h1-4,20H. The molecule has 0 atom stereocenters. The molecule has 0 heterocycles. The van der Waals surface area contributed by atoms with E-state index in [1.807, 2.05) is 0 Å². The molecule has 7 heteroatoms. The Hall–Kier alpha value is -2.07. The second kappa shape index (κ2) is 5.51. The normalized spacial score (nSPS) is 10.2. The van der Waals surface area contributed by atoms with Gasteiger partial charge in [0.25, 0.3) is 0 Å². The lowest BCUT2D eigenvalue weighted by molar-refractivity contribution is 0.509. The average Bonchev–Trinajstić information content (AvgIpc) is 2.38. The molecular weight excluding hydrogens is 340 g/mol. The highest BCUT2D eigenvalue weighted by Gasteiger charge is 2.17. The number of anilines is 2. The fourth-order valence-electron chi connectivity index (χ4n) is 1.53. The quantitative estimate of drug-likeness (QED) is 0.807. The molecule has 0 aliphatic rings. The van der Waals surface area contributed by atoms with Crippen LogP contribution in [0.3, 0.4) is 0 Å². The van der Waals surface area contributed by atoms with Crippen LogP contribution >= 0.6 is 15.9 Å². The summed E-state index contributed by atoms with van der Waals surface area (Å²) in [6.07, 6.45) is 0. The SMILES string of the molecule is N#Cc1ccc(Nc2c(F)cc(Br)cc2F)c(F)c1F. The maximum Gasteiger partial charge on any atom is 0.183 e. The Morgan fingerprint density at radius 2 is 1.60 bits per heavy atom. The van der Waals surface area contributed by atoms with Gasteiger partial charge in [0, 0.05) is 4.47 Å². The minimum absolute atomic E-state index is 0.171. The fourth-order valence-corrected chi connectivity index (χ4v) is 1.93. The van der Waals surface area contributed by atoms with Crippen molar-refractivity contribution in [1.29, 1.82) is 5.26 Å². The van der Waals surface area contributed by atoms with Crippen LogP contribution in [0.1, 0.15) is 5.56 Å². The Balaban J connectivity index is 2.47. The molecule has 2 aromatic rings. The van der Waals surface area contributed by atoms with Gasteiger partial charge in [-0.2, -0.15) is 5.26 Å². The summed E-state index contributed by atoms with van der Waals surface area (Å²) >= 11 is 2.90. The highest BCUT2D eigenvalue weighted by Crippen LogP contribution is 2.29. The Labute approximate surface area is 119 Å². The summed E-state index contributed by atoms with van der Waals surface area (Å²) in [5.41, 5.74) is -1.58. The fraction of sp³-hybridized carbons (Fsp3) is 0. The van der Waals surface area contributed by atoms with Crippen molar-refractivity contribution in [2.75, 3.05) is 5.32 Å². The molecule has 0 spiro atoms. The molecule has 0 aromatic heterocycles. The zero-order valence-electron chi connectivity index (χ0n) is 9.65. The molecule has 0 aliphatic carbocycles. The van der Waals surface area contributed by atoms with E-state index >= 15 is 0 Å². The van der Waals surface area contributed by atoms with Crippen molar-refractivity contribution in [3.05, 3.63) is 57.6 Å². The van der Waals surface area contributed by atoms with E-state index in [1.54, 1.807) is 0 Å². The highest BCUT2D eigenvalue weighted by molar-refractivity contribution is 9.10. The summed E-state index contributed by atoms with van der Waals surface area (Å²) in [5.74, 6) is -4.71. The van der Waals surface area contributed by atoms with E-state index in [-0.39, 0.29) is 4.47 Å². The maximum absolute atomic E-state index is 13.6. The molecular formula is C13H5BrF4N2. The molecule has 0 unspecified atom stereocenters. The van der Waals surface area contributed by atoms with E-state index in [0.29, 0.717) is 0 Å². The van der Waals surface area contributed by atoms with Crippen molar-refractivity contribution in [2.24, 2.45) is 0 Å². The second-order valence-corrected chi connectivity index (χ2v) is 4.69. The van der Waals surface area contributed by atoms with E-state index in [9.17, 15) is 17.6 Å². The van der Waals surface area contributed by atoms with Crippen molar-refractivity contribution < 1.29 is 17.6 Å². The molecule has 20 heavy (non-hydrogen) atoms. The van der Waals surface area contributed by atoms with Crippen LogP contribution in [-0.4, -0.2) is 0 Å². The number of nitriles is 1. The van der Waals surface area contributed by atoms with Gasteiger partial charge in [-0.3, -0.25) is 0 Å². The third-order valence-electron chi connectivity index (χ3n) is 2.47. The molecule has 0 bridgehead atoms. The van der Waals surface area contributed by atoms with Gasteiger partial charge in [-0.05, 0) is 24.3 Å². The predicted molar refractivity (Wildman–Crippen MR) is 68.4 cm³/mol. The van der Waals surface area contributed by atoms with E-state index in [2.05, 4.69) is 21.2 Å². The van der Waals surface area contributed by atoms with Crippen molar-refractivity contribution in [1.82, 2.24) is 0 Å². The first-order valence-electron chi connectivity index (χ1n) is 5.23. The molecule has 1 N–H and O–H groups in total. The first kappa shape index (κ1) is 14.3. The van der Waals surface area contributed by atoms with E-state index in [0.717, 1.165) is 24.3 Å². The Morgan fingerprint density at radius 1 is 1.00 bits per heavy atom. The number of hydrogen-bond donors (Lipinski definition) is 1. The third kappa shape index (κ3) is 2.60. The van der Waals surface area contributed by atoms with Crippen LogP contribution in [0.2, 0.25) is 0 Å². The van der Waals surface area contributed by atoms with Crippen LogP contribution in [0.25, 0.3) is 0 Å². The molecule has 0 fully saturated rings. The van der Waals surface area contributed by atoms with Gasteiger partial charge in [-0.15, -0.1) is 0 Å². The average molecular weight is 345 g/mol. The summed E-state index contributed by atoms with van der Waals surface area (Å²) in [5, 5.41) is 10.7. The summed E-state index contributed by atoms with van der Waals surface area (Å²) < 4.78 is 54.4. The van der Waals surface area contributed by atoms with Crippen molar-refractivity contribution >= 4 is 27.3 Å². The number of rotatable bonds is 2. The summed E-state index contributed by atoms with van der Waals surface area (Å²) in [6.45, 7) is 0. The van der Waals surface area contributed by atoms with Gasteiger partial charge in [0.1, 0.15) is 11.8 Å². The van der Waals surface area contributed by atoms with Gasteiger partial charge in [-0.25, -0.2) is 17.6 Å². The smallest absolute Gasteiger partial charge is 0.183 e. The van der Waals surface area contributed by atoms with Crippen LogP contribution < -0.4 is 5.32 Å². The topological polar surface area (TPSA) is 35.8 Å². The van der Waals surface area contributed by atoms with Gasteiger partial charge >= 0.3 is 0 Å². The summed E-state index contributed by atoms with van der Waals surface area (Å²) in [6, 6.07) is 5.45. The lowest BCUT2D eigenvalue weighted by Gasteiger charge is -2.11. The monoisotopic (exact) mass is 344 g/mol. The van der Waals surface area contributed by atoms with Crippen LogP contribution in [-0.2, 0) is 0 Å². The van der Waals surface area contributed by atoms with E-state index in [1.165, 1.54) is 6.07 Å². The van der Waals surface area contributed by atoms with Crippen LogP contribution in [0.5, 0.6) is 0 Å². The molecule has 2 nitrogen and oxygen atoms in total. The van der Waals surface area contributed by atoms with Gasteiger partial charge in [0.15, 0.2) is 23.3 Å². The van der Waals surface area contributed by atoms with Gasteiger partial charge in [-0.1, -0.05) is 15.9 Å². The molecule has 102 valence electrons. The minimum Gasteiger partial charge on any atom is -0.348 e. The van der Waals surface area contributed by atoms with E-state index in [4.69, 9.17) is 5.26 Å². The Bertz CT molecular complexity index is 702. The Kier molecular flexibility index (Phi) is 3.95. The summed E-state index contributed by atoms with van der Waals surface area (Å²) in [7, 11) is 0. The lowest BCUT2D eigenvalue weighted by atomic mass is 10.2. The zero-order chi connectivity index (χ0) is 14.9. The lowest BCUT2D eigenvalue weighted by Crippen LogP contribution is -2.02. The molecule has 0 saturated heterocycles. The van der Waals surface area contributed by atoms with Crippen LogP contribution in [0.15, 0.2) is 28.7 Å². The number of hydrogen-bond acceptors (Lipinski definition) is 2. The van der Waals surface area contributed by atoms with E-state index < -0.39 is 40.2 Å². The number of nitrogens with zero attached hydrogens (tertiary/aromatic N) is 1. The van der Waals surface area contributed by atoms with Gasteiger partial charge in [0.05, 0.1) is 11.3 Å².